The summed E-state index contributed by atoms with van der Waals surface area (Å²) in [5.74, 6) is -0.559. The topological polar surface area (TPSA) is 78.9 Å². The van der Waals surface area contributed by atoms with E-state index in [0.717, 1.165) is 5.69 Å². The van der Waals surface area contributed by atoms with Crippen molar-refractivity contribution in [2.75, 3.05) is 31.7 Å². The lowest BCUT2D eigenvalue weighted by Crippen LogP contribution is -2.55. The van der Waals surface area contributed by atoms with Crippen LogP contribution in [0, 0.1) is 0 Å². The highest BCUT2D eigenvalue weighted by Gasteiger charge is 2.24. The number of nitrogens with zero attached hydrogens (tertiary/aromatic N) is 1. The van der Waals surface area contributed by atoms with Crippen molar-refractivity contribution >= 4 is 17.6 Å². The molecule has 1 atom stereocenters. The van der Waals surface area contributed by atoms with Gasteiger partial charge < -0.3 is 20.1 Å². The van der Waals surface area contributed by atoms with Crippen molar-refractivity contribution < 1.29 is 19.4 Å². The third-order valence-electron chi connectivity index (χ3n) is 2.99. The highest BCUT2D eigenvalue weighted by molar-refractivity contribution is 5.91. The SMILES string of the molecule is COC(=O)c1cccc(N2CC(=O)NC(CO)C2)c1. The van der Waals surface area contributed by atoms with Gasteiger partial charge in [-0.2, -0.15) is 0 Å². The van der Waals surface area contributed by atoms with Gasteiger partial charge in [0.1, 0.15) is 0 Å². The number of nitrogens with one attached hydrogen (secondary N) is 1. The zero-order chi connectivity index (χ0) is 13.8. The van der Waals surface area contributed by atoms with E-state index in [1.54, 1.807) is 18.2 Å². The lowest BCUT2D eigenvalue weighted by Gasteiger charge is -2.33. The second-order valence-electron chi connectivity index (χ2n) is 4.37. The molecule has 1 saturated heterocycles. The van der Waals surface area contributed by atoms with Crippen LogP contribution in [0.3, 0.4) is 0 Å². The van der Waals surface area contributed by atoms with Gasteiger partial charge in [0.25, 0.3) is 0 Å². The van der Waals surface area contributed by atoms with E-state index in [9.17, 15) is 9.59 Å². The maximum atomic E-state index is 11.5. The number of hydrogen-bond acceptors (Lipinski definition) is 5. The summed E-state index contributed by atoms with van der Waals surface area (Å²) in [5.41, 5.74) is 1.20. The van der Waals surface area contributed by atoms with Crippen LogP contribution >= 0.6 is 0 Å². The number of amides is 1. The summed E-state index contributed by atoms with van der Waals surface area (Å²) in [5, 5.41) is 11.8. The van der Waals surface area contributed by atoms with Crippen LogP contribution in [0.2, 0.25) is 0 Å². The molecule has 1 unspecified atom stereocenters. The fourth-order valence-electron chi connectivity index (χ4n) is 2.07. The van der Waals surface area contributed by atoms with Crippen LogP contribution in [0.4, 0.5) is 5.69 Å². The maximum Gasteiger partial charge on any atom is 0.337 e. The molecule has 19 heavy (non-hydrogen) atoms. The Balaban J connectivity index is 2.21. The fraction of sp³-hybridized carbons (Fsp3) is 0.385. The van der Waals surface area contributed by atoms with Gasteiger partial charge in [-0.3, -0.25) is 4.79 Å². The van der Waals surface area contributed by atoms with Crippen molar-refractivity contribution in [1.29, 1.82) is 0 Å². The fourth-order valence-corrected chi connectivity index (χ4v) is 2.07. The van der Waals surface area contributed by atoms with E-state index in [0.29, 0.717) is 12.1 Å². The Labute approximate surface area is 111 Å². The first-order chi connectivity index (χ1) is 9.13. The summed E-state index contributed by atoms with van der Waals surface area (Å²) in [6, 6.07) is 6.60. The lowest BCUT2D eigenvalue weighted by molar-refractivity contribution is -0.121. The number of aliphatic hydroxyl groups is 1. The van der Waals surface area contributed by atoms with Crippen LogP contribution in [-0.2, 0) is 9.53 Å². The third kappa shape index (κ3) is 3.03. The van der Waals surface area contributed by atoms with Gasteiger partial charge in [0.05, 0.1) is 31.9 Å². The van der Waals surface area contributed by atoms with Crippen LogP contribution in [0.25, 0.3) is 0 Å². The average Bonchev–Trinajstić information content (AvgIpc) is 2.45. The third-order valence-corrected chi connectivity index (χ3v) is 2.99. The van der Waals surface area contributed by atoms with Crippen LogP contribution in [0.15, 0.2) is 24.3 Å². The summed E-state index contributed by atoms with van der Waals surface area (Å²) in [4.78, 5) is 24.8. The summed E-state index contributed by atoms with van der Waals surface area (Å²) < 4.78 is 4.67. The molecule has 0 aliphatic carbocycles. The quantitative estimate of drug-likeness (QED) is 0.737. The van der Waals surface area contributed by atoms with Crippen LogP contribution in [0.1, 0.15) is 10.4 Å². The number of rotatable bonds is 3. The van der Waals surface area contributed by atoms with E-state index in [-0.39, 0.29) is 25.1 Å². The smallest absolute Gasteiger partial charge is 0.337 e. The van der Waals surface area contributed by atoms with E-state index in [4.69, 9.17) is 5.11 Å². The number of benzene rings is 1. The second-order valence-corrected chi connectivity index (χ2v) is 4.37. The van der Waals surface area contributed by atoms with E-state index >= 15 is 0 Å². The van der Waals surface area contributed by atoms with Crippen LogP contribution in [-0.4, -0.2) is 49.8 Å². The molecule has 1 aliphatic rings. The average molecular weight is 264 g/mol. The molecule has 1 aromatic rings. The number of carbonyl (C=O) groups excluding carboxylic acids is 2. The highest BCUT2D eigenvalue weighted by atomic mass is 16.5. The van der Waals surface area contributed by atoms with Gasteiger partial charge in [-0.25, -0.2) is 4.79 Å². The highest BCUT2D eigenvalue weighted by Crippen LogP contribution is 2.18. The van der Waals surface area contributed by atoms with E-state index in [1.165, 1.54) is 7.11 Å². The Morgan fingerprint density at radius 1 is 1.58 bits per heavy atom. The first kappa shape index (κ1) is 13.4. The molecule has 1 amide bonds. The molecular formula is C13H16N2O4. The monoisotopic (exact) mass is 264 g/mol. The maximum absolute atomic E-state index is 11.5. The molecule has 6 heteroatoms. The van der Waals surface area contributed by atoms with E-state index in [2.05, 4.69) is 10.1 Å². The number of methoxy groups -OCH3 is 1. The molecule has 1 fully saturated rings. The van der Waals surface area contributed by atoms with Crippen molar-refractivity contribution in [2.45, 2.75) is 6.04 Å². The van der Waals surface area contributed by atoms with E-state index < -0.39 is 5.97 Å². The Kier molecular flexibility index (Phi) is 4.01. The van der Waals surface area contributed by atoms with Gasteiger partial charge in [-0.05, 0) is 18.2 Å². The summed E-state index contributed by atoms with van der Waals surface area (Å²) in [7, 11) is 1.32. The van der Waals surface area contributed by atoms with Gasteiger partial charge in [0.15, 0.2) is 0 Å². The molecule has 0 saturated carbocycles. The van der Waals surface area contributed by atoms with Crippen molar-refractivity contribution in [3.8, 4) is 0 Å². The van der Waals surface area contributed by atoms with Gasteiger partial charge in [0.2, 0.25) is 5.91 Å². The van der Waals surface area contributed by atoms with Gasteiger partial charge in [-0.15, -0.1) is 0 Å². The molecule has 102 valence electrons. The first-order valence-electron chi connectivity index (χ1n) is 5.97. The van der Waals surface area contributed by atoms with Gasteiger partial charge in [0, 0.05) is 12.2 Å². The van der Waals surface area contributed by atoms with Crippen molar-refractivity contribution in [2.24, 2.45) is 0 Å². The number of esters is 1. The molecule has 2 rings (SSSR count). The van der Waals surface area contributed by atoms with Crippen LogP contribution < -0.4 is 10.2 Å². The predicted octanol–water partition coefficient (Wildman–Crippen LogP) is -0.230. The minimum Gasteiger partial charge on any atom is -0.465 e. The Hall–Kier alpha value is -2.08. The van der Waals surface area contributed by atoms with Gasteiger partial charge in [-0.1, -0.05) is 6.07 Å². The molecular weight excluding hydrogens is 248 g/mol. The standard InChI is InChI=1S/C13H16N2O4/c1-19-13(18)9-3-2-4-11(5-9)15-6-10(8-16)14-12(17)7-15/h2-5,10,16H,6-8H2,1H3,(H,14,17). The van der Waals surface area contributed by atoms with Crippen LogP contribution in [0.5, 0.6) is 0 Å². The zero-order valence-electron chi connectivity index (χ0n) is 10.6. The number of ether oxygens (including phenoxy) is 1. The summed E-state index contributed by atoms with van der Waals surface area (Å²) in [6.45, 7) is 0.604. The van der Waals surface area contributed by atoms with Crippen molar-refractivity contribution in [1.82, 2.24) is 5.32 Å². The molecule has 1 heterocycles. The molecule has 0 spiro atoms. The molecule has 0 aromatic heterocycles. The largest absolute Gasteiger partial charge is 0.465 e. The number of anilines is 1. The lowest BCUT2D eigenvalue weighted by atomic mass is 10.1. The van der Waals surface area contributed by atoms with E-state index in [1.807, 2.05) is 11.0 Å². The molecule has 1 aliphatic heterocycles. The predicted molar refractivity (Wildman–Crippen MR) is 69.0 cm³/mol. The normalized spacial score (nSPS) is 18.9. The first-order valence-corrected chi connectivity index (χ1v) is 5.97. The molecule has 0 radical (unpaired) electrons. The summed E-state index contributed by atoms with van der Waals surface area (Å²) >= 11 is 0. The number of piperazine rings is 1. The van der Waals surface area contributed by atoms with Crippen molar-refractivity contribution in [3.63, 3.8) is 0 Å². The molecule has 2 N–H and O–H groups in total. The Morgan fingerprint density at radius 3 is 3.05 bits per heavy atom. The molecule has 1 aromatic carbocycles. The van der Waals surface area contributed by atoms with Gasteiger partial charge >= 0.3 is 5.97 Å². The Morgan fingerprint density at radius 2 is 2.37 bits per heavy atom. The van der Waals surface area contributed by atoms with Crippen molar-refractivity contribution in [3.05, 3.63) is 29.8 Å². The number of aliphatic hydroxyl groups excluding tert-OH is 1. The molecule has 0 bridgehead atoms. The summed E-state index contributed by atoms with van der Waals surface area (Å²) in [6.07, 6.45) is 0. The second kappa shape index (κ2) is 5.71. The zero-order valence-corrected chi connectivity index (χ0v) is 10.6. The Bertz CT molecular complexity index is 489. The number of carbonyl (C=O) groups is 2. The minimum absolute atomic E-state index is 0.112. The molecule has 6 nitrogen and oxygen atoms in total. The number of hydrogen-bond donors (Lipinski definition) is 2. The minimum atomic E-state index is -0.415.